The first-order valence-electron chi connectivity index (χ1n) is 7.50. The van der Waals surface area contributed by atoms with Crippen LogP contribution in [0.15, 0.2) is 18.3 Å². The molecule has 0 aromatic carbocycles. The molecule has 0 aliphatic rings. The fourth-order valence-electron chi connectivity index (χ4n) is 1.67. The highest BCUT2D eigenvalue weighted by Gasteiger charge is 2.27. The van der Waals surface area contributed by atoms with Gasteiger partial charge in [-0.05, 0) is 39.7 Å². The number of hydrogen-bond donors (Lipinski definition) is 2. The number of pyridine rings is 1. The van der Waals surface area contributed by atoms with Crippen LogP contribution in [0, 0.1) is 0 Å². The molecule has 0 saturated carbocycles. The van der Waals surface area contributed by atoms with Gasteiger partial charge in [-0.2, -0.15) is 0 Å². The van der Waals surface area contributed by atoms with Gasteiger partial charge in [0, 0.05) is 24.8 Å². The van der Waals surface area contributed by atoms with Gasteiger partial charge in [-0.25, -0.2) is 22.5 Å². The minimum atomic E-state index is -3.25. The van der Waals surface area contributed by atoms with Crippen LogP contribution in [0.25, 0.3) is 0 Å². The Balaban J connectivity index is 2.13. The summed E-state index contributed by atoms with van der Waals surface area (Å²) in [6.07, 6.45) is 4.15. The zero-order valence-corrected chi connectivity index (χ0v) is 14.3. The average Bonchev–Trinajstić information content (AvgIpc) is 2.45. The number of aromatic nitrogens is 1. The Bertz CT molecular complexity index is 539. The minimum Gasteiger partial charge on any atom is -0.370 e. The quantitative estimate of drug-likeness (QED) is 0.683. The molecule has 1 rings (SSSR count). The molecule has 2 N–H and O–H groups in total. The first kappa shape index (κ1) is 18.8. The molecule has 0 atom stereocenters. The van der Waals surface area contributed by atoms with E-state index in [1.54, 1.807) is 32.9 Å². The van der Waals surface area contributed by atoms with Crippen LogP contribution in [0.4, 0.5) is 10.2 Å². The minimum absolute atomic E-state index is 0.461. The van der Waals surface area contributed by atoms with Gasteiger partial charge in [0.1, 0.15) is 12.5 Å². The van der Waals surface area contributed by atoms with Crippen molar-refractivity contribution in [3.63, 3.8) is 0 Å². The molecule has 0 unspecified atom stereocenters. The van der Waals surface area contributed by atoms with Crippen LogP contribution in [0.3, 0.4) is 0 Å². The van der Waals surface area contributed by atoms with Crippen molar-refractivity contribution in [1.82, 2.24) is 9.71 Å². The fraction of sp³-hybridized carbons (Fsp3) is 0.667. The zero-order chi connectivity index (χ0) is 16.6. The van der Waals surface area contributed by atoms with Gasteiger partial charge in [0.25, 0.3) is 0 Å². The highest BCUT2D eigenvalue weighted by Crippen LogP contribution is 2.13. The van der Waals surface area contributed by atoms with E-state index in [1.165, 1.54) is 6.20 Å². The summed E-state index contributed by atoms with van der Waals surface area (Å²) in [7, 11) is -3.25. The van der Waals surface area contributed by atoms with Gasteiger partial charge in [-0.15, -0.1) is 0 Å². The largest absolute Gasteiger partial charge is 0.370 e. The van der Waals surface area contributed by atoms with Crippen LogP contribution < -0.4 is 10.0 Å². The van der Waals surface area contributed by atoms with E-state index in [1.807, 2.05) is 0 Å². The first-order chi connectivity index (χ1) is 10.3. The molecule has 0 saturated heterocycles. The van der Waals surface area contributed by atoms with Gasteiger partial charge in [0.15, 0.2) is 0 Å². The predicted octanol–water partition coefficient (Wildman–Crippen LogP) is 2.85. The summed E-state index contributed by atoms with van der Waals surface area (Å²) in [6, 6.07) is 3.46. The van der Waals surface area contributed by atoms with Crippen molar-refractivity contribution in [2.24, 2.45) is 0 Å². The van der Waals surface area contributed by atoms with Crippen molar-refractivity contribution in [1.29, 1.82) is 0 Å². The maximum atomic E-state index is 12.3. The van der Waals surface area contributed by atoms with E-state index >= 15 is 0 Å². The number of unbranched alkanes of at least 4 members (excludes halogenated alkanes) is 2. The molecule has 22 heavy (non-hydrogen) atoms. The fourth-order valence-corrected chi connectivity index (χ4v) is 2.52. The Morgan fingerprint density at radius 2 is 1.82 bits per heavy atom. The van der Waals surface area contributed by atoms with Crippen molar-refractivity contribution in [2.45, 2.75) is 51.5 Å². The molecule has 1 heterocycles. The Morgan fingerprint density at radius 1 is 1.14 bits per heavy atom. The van der Waals surface area contributed by atoms with Gasteiger partial charge in [-0.3, -0.25) is 0 Å². The number of anilines is 1. The molecule has 0 aliphatic carbocycles. The lowest BCUT2D eigenvalue weighted by Gasteiger charge is -2.19. The summed E-state index contributed by atoms with van der Waals surface area (Å²) in [4.78, 5) is 4.10. The molecule has 0 spiro atoms. The standard InChI is InChI=1S/C15H26FN3O2S/c1-15(2,3)22(20,21)19-10-6-4-5-9-17-14-8-7-13(11-16)12-18-14/h7-8,12,19H,4-6,9-11H2,1-3H3,(H,17,18). The number of hydrogen-bond acceptors (Lipinski definition) is 4. The number of alkyl halides is 1. The number of sulfonamides is 1. The van der Waals surface area contributed by atoms with Crippen molar-refractivity contribution >= 4 is 15.8 Å². The molecule has 0 radical (unpaired) electrons. The average molecular weight is 331 g/mol. The summed E-state index contributed by atoms with van der Waals surface area (Å²) in [6.45, 7) is 5.76. The third-order valence-corrected chi connectivity index (χ3v) is 5.43. The van der Waals surface area contributed by atoms with Crippen LogP contribution in [0.1, 0.15) is 45.6 Å². The molecular formula is C15H26FN3O2S. The molecule has 1 aromatic heterocycles. The predicted molar refractivity (Wildman–Crippen MR) is 88.1 cm³/mol. The summed E-state index contributed by atoms with van der Waals surface area (Å²) in [5, 5.41) is 3.16. The van der Waals surface area contributed by atoms with Gasteiger partial charge in [0.2, 0.25) is 10.0 Å². The molecule has 126 valence electrons. The van der Waals surface area contributed by atoms with Crippen LogP contribution in [0.5, 0.6) is 0 Å². The van der Waals surface area contributed by atoms with Crippen LogP contribution in [0.2, 0.25) is 0 Å². The summed E-state index contributed by atoms with van der Waals surface area (Å²) < 4.78 is 37.8. The van der Waals surface area contributed by atoms with E-state index in [4.69, 9.17) is 0 Å². The monoisotopic (exact) mass is 331 g/mol. The van der Waals surface area contributed by atoms with E-state index in [0.717, 1.165) is 31.6 Å². The SMILES string of the molecule is CC(C)(C)S(=O)(=O)NCCCCCNc1ccc(CF)cn1. The van der Waals surface area contributed by atoms with E-state index in [9.17, 15) is 12.8 Å². The number of rotatable bonds is 9. The topological polar surface area (TPSA) is 71.1 Å². The molecule has 0 aliphatic heterocycles. The van der Waals surface area contributed by atoms with Crippen LogP contribution in [-0.4, -0.2) is 31.2 Å². The van der Waals surface area contributed by atoms with Crippen molar-refractivity contribution < 1.29 is 12.8 Å². The third kappa shape index (κ3) is 6.27. The molecule has 0 amide bonds. The third-order valence-electron chi connectivity index (χ3n) is 3.24. The molecular weight excluding hydrogens is 305 g/mol. The zero-order valence-electron chi connectivity index (χ0n) is 13.5. The second-order valence-corrected chi connectivity index (χ2v) is 8.70. The van der Waals surface area contributed by atoms with Crippen LogP contribution in [-0.2, 0) is 16.7 Å². The maximum Gasteiger partial charge on any atom is 0.216 e. The second kappa shape index (κ2) is 8.43. The van der Waals surface area contributed by atoms with Crippen molar-refractivity contribution in [3.8, 4) is 0 Å². The first-order valence-corrected chi connectivity index (χ1v) is 8.98. The summed E-state index contributed by atoms with van der Waals surface area (Å²) in [5.74, 6) is 0.727. The van der Waals surface area contributed by atoms with E-state index < -0.39 is 21.4 Å². The molecule has 0 bridgehead atoms. The smallest absolute Gasteiger partial charge is 0.216 e. The Morgan fingerprint density at radius 3 is 2.36 bits per heavy atom. The van der Waals surface area contributed by atoms with Crippen molar-refractivity contribution in [3.05, 3.63) is 23.9 Å². The molecule has 0 fully saturated rings. The second-order valence-electron chi connectivity index (χ2n) is 6.18. The lowest BCUT2D eigenvalue weighted by atomic mass is 10.2. The van der Waals surface area contributed by atoms with E-state index in [-0.39, 0.29) is 0 Å². The molecule has 7 heteroatoms. The van der Waals surface area contributed by atoms with Gasteiger partial charge >= 0.3 is 0 Å². The summed E-state index contributed by atoms with van der Waals surface area (Å²) in [5.41, 5.74) is 0.566. The molecule has 5 nitrogen and oxygen atoms in total. The summed E-state index contributed by atoms with van der Waals surface area (Å²) >= 11 is 0. The normalized spacial score (nSPS) is 12.4. The van der Waals surface area contributed by atoms with E-state index in [2.05, 4.69) is 15.0 Å². The van der Waals surface area contributed by atoms with Gasteiger partial charge in [0.05, 0.1) is 4.75 Å². The number of halogens is 1. The highest BCUT2D eigenvalue weighted by atomic mass is 32.2. The van der Waals surface area contributed by atoms with E-state index in [0.29, 0.717) is 12.1 Å². The maximum absolute atomic E-state index is 12.3. The lowest BCUT2D eigenvalue weighted by Crippen LogP contribution is -2.39. The lowest BCUT2D eigenvalue weighted by molar-refractivity contribution is 0.484. The van der Waals surface area contributed by atoms with Crippen molar-refractivity contribution in [2.75, 3.05) is 18.4 Å². The van der Waals surface area contributed by atoms with Crippen LogP contribution >= 0.6 is 0 Å². The highest BCUT2D eigenvalue weighted by molar-refractivity contribution is 7.90. The Hall–Kier alpha value is -1.21. The number of nitrogens with one attached hydrogen (secondary N) is 2. The van der Waals surface area contributed by atoms with Gasteiger partial charge in [-0.1, -0.05) is 12.5 Å². The molecule has 1 aromatic rings. The number of nitrogens with zero attached hydrogens (tertiary/aromatic N) is 1. The Kier molecular flexibility index (Phi) is 7.22. The van der Waals surface area contributed by atoms with Gasteiger partial charge < -0.3 is 5.32 Å². The Labute approximate surface area is 132 Å².